The van der Waals surface area contributed by atoms with E-state index in [1.54, 1.807) is 6.20 Å². The van der Waals surface area contributed by atoms with Crippen LogP contribution >= 0.6 is 0 Å². The van der Waals surface area contributed by atoms with Gasteiger partial charge in [-0.3, -0.25) is 4.79 Å². The lowest BCUT2D eigenvalue weighted by molar-refractivity contribution is 0.0950. The lowest BCUT2D eigenvalue weighted by Crippen LogP contribution is -2.27. The van der Waals surface area contributed by atoms with Crippen LogP contribution in [-0.2, 0) is 0 Å². The fourth-order valence-corrected chi connectivity index (χ4v) is 3.00. The number of carbonyl (C=O) groups excluding carboxylic acids is 1. The van der Waals surface area contributed by atoms with Crippen molar-refractivity contribution in [3.63, 3.8) is 0 Å². The Hall–Kier alpha value is -2.63. The molecule has 0 radical (unpaired) electrons. The fraction of sp³-hybridized carbons (Fsp3) is 0.450. The van der Waals surface area contributed by atoms with Crippen molar-refractivity contribution in [1.82, 2.24) is 20.1 Å². The molecule has 0 aromatic carbocycles. The number of hydrogen-bond donors (Lipinski definition) is 1. The molecule has 6 nitrogen and oxygen atoms in total. The third-order valence-corrected chi connectivity index (χ3v) is 4.29. The van der Waals surface area contributed by atoms with E-state index in [4.69, 9.17) is 9.40 Å². The molecule has 1 N–H and O–H groups in total. The molecule has 0 bridgehead atoms. The van der Waals surface area contributed by atoms with Gasteiger partial charge in [-0.2, -0.15) is 5.10 Å². The molecule has 0 saturated carbocycles. The van der Waals surface area contributed by atoms with Crippen molar-refractivity contribution < 1.29 is 9.21 Å². The zero-order valence-corrected chi connectivity index (χ0v) is 16.3. The summed E-state index contributed by atoms with van der Waals surface area (Å²) in [6.07, 6.45) is 1.73. The molecule has 1 amide bonds. The van der Waals surface area contributed by atoms with Gasteiger partial charge in [0, 0.05) is 18.2 Å². The van der Waals surface area contributed by atoms with E-state index in [0.29, 0.717) is 23.7 Å². The van der Waals surface area contributed by atoms with E-state index in [2.05, 4.69) is 24.3 Å². The largest absolute Gasteiger partial charge is 0.466 e. The minimum atomic E-state index is -0.103. The first-order valence-electron chi connectivity index (χ1n) is 9.01. The molecule has 0 unspecified atom stereocenters. The first kappa shape index (κ1) is 18.2. The van der Waals surface area contributed by atoms with Crippen molar-refractivity contribution in [2.75, 3.05) is 6.54 Å². The molecule has 0 aliphatic rings. The predicted octanol–water partition coefficient (Wildman–Crippen LogP) is 4.27. The maximum atomic E-state index is 12.8. The molecule has 3 heterocycles. The highest BCUT2D eigenvalue weighted by atomic mass is 16.3. The molecular formula is C20H26N4O2. The van der Waals surface area contributed by atoms with E-state index in [-0.39, 0.29) is 11.9 Å². The molecule has 3 aromatic heterocycles. The second-order valence-corrected chi connectivity index (χ2v) is 7.41. The van der Waals surface area contributed by atoms with E-state index in [9.17, 15) is 4.79 Å². The minimum absolute atomic E-state index is 0.103. The van der Waals surface area contributed by atoms with Crippen LogP contribution in [0.5, 0.6) is 0 Å². The average Bonchev–Trinajstić information content (AvgIpc) is 3.14. The fourth-order valence-electron chi connectivity index (χ4n) is 3.00. The number of nitrogens with zero attached hydrogens (tertiary/aromatic N) is 3. The summed E-state index contributed by atoms with van der Waals surface area (Å²) in [5, 5.41) is 8.21. The van der Waals surface area contributed by atoms with Gasteiger partial charge < -0.3 is 9.73 Å². The number of pyridine rings is 1. The average molecular weight is 354 g/mol. The van der Waals surface area contributed by atoms with Crippen LogP contribution in [0.25, 0.3) is 22.3 Å². The van der Waals surface area contributed by atoms with Crippen LogP contribution in [0.3, 0.4) is 0 Å². The van der Waals surface area contributed by atoms with Crippen molar-refractivity contribution in [2.24, 2.45) is 5.92 Å². The van der Waals surface area contributed by atoms with Crippen molar-refractivity contribution >= 4 is 16.9 Å². The van der Waals surface area contributed by atoms with Gasteiger partial charge in [0.05, 0.1) is 22.8 Å². The van der Waals surface area contributed by atoms with Gasteiger partial charge >= 0.3 is 0 Å². The first-order valence-corrected chi connectivity index (χ1v) is 9.01. The van der Waals surface area contributed by atoms with E-state index in [1.165, 1.54) is 0 Å². The number of hydrogen-bond acceptors (Lipinski definition) is 4. The SMILES string of the molecule is Cc1cc(-c2cc(C(=O)NCC(C)C)c3cnn(C(C)C)c3n2)c(C)o1. The Kier molecular flexibility index (Phi) is 4.85. The maximum absolute atomic E-state index is 12.8. The van der Waals surface area contributed by atoms with Crippen molar-refractivity contribution in [3.8, 4) is 11.3 Å². The second-order valence-electron chi connectivity index (χ2n) is 7.41. The quantitative estimate of drug-likeness (QED) is 0.742. The minimum Gasteiger partial charge on any atom is -0.466 e. The second kappa shape index (κ2) is 6.94. The van der Waals surface area contributed by atoms with E-state index >= 15 is 0 Å². The number of fused-ring (bicyclic) bond motifs is 1. The zero-order chi connectivity index (χ0) is 19.0. The van der Waals surface area contributed by atoms with Crippen LogP contribution in [0.1, 0.15) is 55.6 Å². The molecular weight excluding hydrogens is 328 g/mol. The van der Waals surface area contributed by atoms with Crippen LogP contribution in [0.2, 0.25) is 0 Å². The molecule has 3 aromatic rings. The molecule has 0 aliphatic carbocycles. The third-order valence-electron chi connectivity index (χ3n) is 4.29. The Balaban J connectivity index is 2.18. The van der Waals surface area contributed by atoms with E-state index in [1.807, 2.05) is 44.5 Å². The Bertz CT molecular complexity index is 950. The van der Waals surface area contributed by atoms with E-state index < -0.39 is 0 Å². The number of aromatic nitrogens is 3. The molecule has 0 atom stereocenters. The molecule has 138 valence electrons. The highest BCUT2D eigenvalue weighted by Crippen LogP contribution is 2.30. The van der Waals surface area contributed by atoms with Gasteiger partial charge in [-0.05, 0) is 45.7 Å². The summed E-state index contributed by atoms with van der Waals surface area (Å²) in [6, 6.07) is 3.94. The molecule has 26 heavy (non-hydrogen) atoms. The predicted molar refractivity (Wildman–Crippen MR) is 102 cm³/mol. The zero-order valence-electron chi connectivity index (χ0n) is 16.3. The van der Waals surface area contributed by atoms with Gasteiger partial charge in [0.1, 0.15) is 11.5 Å². The van der Waals surface area contributed by atoms with Gasteiger partial charge in [-0.1, -0.05) is 13.8 Å². The number of amides is 1. The summed E-state index contributed by atoms with van der Waals surface area (Å²) in [6.45, 7) is 12.7. The van der Waals surface area contributed by atoms with Gasteiger partial charge in [0.25, 0.3) is 5.91 Å². The first-order chi connectivity index (χ1) is 12.3. The van der Waals surface area contributed by atoms with Gasteiger partial charge in [-0.25, -0.2) is 9.67 Å². The molecule has 6 heteroatoms. The molecule has 0 spiro atoms. The molecule has 3 rings (SSSR count). The molecule has 0 aliphatic heterocycles. The Labute approximate surface area is 153 Å². The summed E-state index contributed by atoms with van der Waals surface area (Å²) >= 11 is 0. The van der Waals surface area contributed by atoms with Crippen LogP contribution in [-0.4, -0.2) is 27.2 Å². The van der Waals surface area contributed by atoms with Crippen LogP contribution in [0.4, 0.5) is 0 Å². The van der Waals surface area contributed by atoms with Gasteiger partial charge in [0.2, 0.25) is 0 Å². The number of nitrogens with one attached hydrogen (secondary N) is 1. The van der Waals surface area contributed by atoms with Crippen molar-refractivity contribution in [2.45, 2.75) is 47.6 Å². The monoisotopic (exact) mass is 354 g/mol. The Morgan fingerprint density at radius 3 is 2.54 bits per heavy atom. The lowest BCUT2D eigenvalue weighted by Gasteiger charge is -2.11. The standard InChI is InChI=1S/C20H26N4O2/c1-11(2)9-21-20(25)16-8-18(15-7-13(5)26-14(15)6)23-19-17(16)10-22-24(19)12(3)4/h7-8,10-12H,9H2,1-6H3,(H,21,25). The third kappa shape index (κ3) is 3.36. The summed E-state index contributed by atoms with van der Waals surface area (Å²) in [5.74, 6) is 1.89. The number of aryl methyl sites for hydroxylation is 2. The van der Waals surface area contributed by atoms with Crippen LogP contribution < -0.4 is 5.32 Å². The normalized spacial score (nSPS) is 11.7. The topological polar surface area (TPSA) is 73.0 Å². The molecule has 0 fully saturated rings. The summed E-state index contributed by atoms with van der Waals surface area (Å²) < 4.78 is 7.50. The van der Waals surface area contributed by atoms with E-state index in [0.717, 1.165) is 28.2 Å². The Morgan fingerprint density at radius 2 is 1.96 bits per heavy atom. The maximum Gasteiger partial charge on any atom is 0.252 e. The van der Waals surface area contributed by atoms with Crippen LogP contribution in [0.15, 0.2) is 22.7 Å². The summed E-state index contributed by atoms with van der Waals surface area (Å²) in [4.78, 5) is 17.6. The number of carbonyl (C=O) groups is 1. The van der Waals surface area contributed by atoms with Gasteiger partial charge in [0.15, 0.2) is 5.65 Å². The lowest BCUT2D eigenvalue weighted by atomic mass is 10.1. The Morgan fingerprint density at radius 1 is 1.23 bits per heavy atom. The number of rotatable bonds is 5. The highest BCUT2D eigenvalue weighted by Gasteiger charge is 2.20. The van der Waals surface area contributed by atoms with Crippen LogP contribution in [0, 0.1) is 19.8 Å². The highest BCUT2D eigenvalue weighted by molar-refractivity contribution is 6.06. The number of furan rings is 1. The smallest absolute Gasteiger partial charge is 0.252 e. The van der Waals surface area contributed by atoms with Crippen molar-refractivity contribution in [1.29, 1.82) is 0 Å². The summed E-state index contributed by atoms with van der Waals surface area (Å²) in [7, 11) is 0. The summed E-state index contributed by atoms with van der Waals surface area (Å²) in [5.41, 5.74) is 2.93. The van der Waals surface area contributed by atoms with Gasteiger partial charge in [-0.15, -0.1) is 0 Å². The molecule has 0 saturated heterocycles. The van der Waals surface area contributed by atoms with Crippen molar-refractivity contribution in [3.05, 3.63) is 35.4 Å².